The summed E-state index contributed by atoms with van der Waals surface area (Å²) in [6.45, 7) is 0.730. The summed E-state index contributed by atoms with van der Waals surface area (Å²) in [6, 6.07) is 5.04. The van der Waals surface area contributed by atoms with Gasteiger partial charge in [0.2, 0.25) is 0 Å². The highest BCUT2D eigenvalue weighted by Gasteiger charge is 2.16. The Labute approximate surface area is 105 Å². The first kappa shape index (κ1) is 11.8. The highest BCUT2D eigenvalue weighted by molar-refractivity contribution is 6.34. The van der Waals surface area contributed by atoms with Gasteiger partial charge in [-0.05, 0) is 42.7 Å². The minimum absolute atomic E-state index is 0.281. The van der Waals surface area contributed by atoms with E-state index in [2.05, 4.69) is 0 Å². The molecule has 1 aliphatic heterocycles. The molecule has 86 valence electrons. The molecule has 0 radical (unpaired) electrons. The zero-order chi connectivity index (χ0) is 11.5. The van der Waals surface area contributed by atoms with Crippen LogP contribution in [-0.2, 0) is 4.74 Å². The summed E-state index contributed by atoms with van der Waals surface area (Å²) in [4.78, 5) is 0. The van der Waals surface area contributed by atoms with E-state index in [9.17, 15) is 0 Å². The lowest BCUT2D eigenvalue weighted by molar-refractivity contribution is 0.176. The Kier molecular flexibility index (Phi) is 3.74. The summed E-state index contributed by atoms with van der Waals surface area (Å²) < 4.78 is 5.52. The second kappa shape index (κ2) is 5.09. The van der Waals surface area contributed by atoms with Crippen LogP contribution < -0.4 is 5.73 Å². The van der Waals surface area contributed by atoms with Crippen LogP contribution in [0.2, 0.25) is 10.0 Å². The lowest BCUT2D eigenvalue weighted by Gasteiger charge is -2.21. The van der Waals surface area contributed by atoms with E-state index in [0.29, 0.717) is 10.0 Å². The maximum Gasteiger partial charge on any atom is 0.113 e. The Morgan fingerprint density at radius 1 is 1.19 bits per heavy atom. The Morgan fingerprint density at radius 3 is 2.44 bits per heavy atom. The molecule has 1 unspecified atom stereocenters. The van der Waals surface area contributed by atoms with Gasteiger partial charge in [0.1, 0.15) is 5.76 Å². The second-order valence-corrected chi connectivity index (χ2v) is 4.65. The highest BCUT2D eigenvalue weighted by atomic mass is 35.5. The SMILES string of the molecule is NC(C1=CCCCO1)c1cc(Cl)cc(Cl)c1. The highest BCUT2D eigenvalue weighted by Crippen LogP contribution is 2.28. The standard InChI is InChI=1S/C12H13Cl2NO/c13-9-5-8(6-10(14)7-9)12(15)11-3-1-2-4-16-11/h3,5-7,12H,1-2,4,15H2. The molecule has 16 heavy (non-hydrogen) atoms. The summed E-state index contributed by atoms with van der Waals surface area (Å²) in [5.74, 6) is 0.810. The van der Waals surface area contributed by atoms with Crippen molar-refractivity contribution in [2.75, 3.05) is 6.61 Å². The summed E-state index contributed by atoms with van der Waals surface area (Å²) in [7, 11) is 0. The quantitative estimate of drug-likeness (QED) is 0.878. The molecule has 1 aromatic rings. The van der Waals surface area contributed by atoms with E-state index in [4.69, 9.17) is 33.7 Å². The molecule has 2 nitrogen and oxygen atoms in total. The minimum Gasteiger partial charge on any atom is -0.496 e. The molecule has 1 aromatic carbocycles. The Hall–Kier alpha value is -0.700. The molecule has 0 aliphatic carbocycles. The third kappa shape index (κ3) is 2.70. The predicted molar refractivity (Wildman–Crippen MR) is 66.7 cm³/mol. The number of benzene rings is 1. The minimum atomic E-state index is -0.281. The predicted octanol–water partition coefficient (Wildman–Crippen LogP) is 3.69. The van der Waals surface area contributed by atoms with Crippen molar-refractivity contribution in [2.24, 2.45) is 5.73 Å². The zero-order valence-electron chi connectivity index (χ0n) is 8.75. The molecule has 0 spiro atoms. The molecule has 0 bridgehead atoms. The van der Waals surface area contributed by atoms with Crippen molar-refractivity contribution in [2.45, 2.75) is 18.9 Å². The molecule has 2 rings (SSSR count). The number of nitrogens with two attached hydrogens (primary N) is 1. The van der Waals surface area contributed by atoms with Crippen LogP contribution in [0.5, 0.6) is 0 Å². The fourth-order valence-electron chi connectivity index (χ4n) is 1.71. The maximum atomic E-state index is 6.10. The number of hydrogen-bond donors (Lipinski definition) is 1. The van der Waals surface area contributed by atoms with Gasteiger partial charge in [0.25, 0.3) is 0 Å². The Bertz CT molecular complexity index is 397. The molecule has 4 heteroatoms. The first-order valence-corrected chi connectivity index (χ1v) is 5.97. The summed E-state index contributed by atoms with van der Waals surface area (Å²) in [5.41, 5.74) is 6.98. The van der Waals surface area contributed by atoms with Gasteiger partial charge in [-0.25, -0.2) is 0 Å². The third-order valence-electron chi connectivity index (χ3n) is 2.51. The maximum absolute atomic E-state index is 6.10. The molecule has 1 aliphatic rings. The van der Waals surface area contributed by atoms with Crippen LogP contribution in [0, 0.1) is 0 Å². The van der Waals surface area contributed by atoms with Crippen molar-refractivity contribution < 1.29 is 4.74 Å². The number of ether oxygens (including phenoxy) is 1. The van der Waals surface area contributed by atoms with Gasteiger partial charge < -0.3 is 10.5 Å². The average Bonchev–Trinajstić information content (AvgIpc) is 2.28. The van der Waals surface area contributed by atoms with E-state index in [0.717, 1.165) is 30.8 Å². The van der Waals surface area contributed by atoms with Gasteiger partial charge >= 0.3 is 0 Å². The van der Waals surface area contributed by atoms with Crippen molar-refractivity contribution >= 4 is 23.2 Å². The van der Waals surface area contributed by atoms with Gasteiger partial charge in [0.05, 0.1) is 12.6 Å². The van der Waals surface area contributed by atoms with Gasteiger partial charge in [-0.3, -0.25) is 0 Å². The lowest BCUT2D eigenvalue weighted by Crippen LogP contribution is -2.17. The van der Waals surface area contributed by atoms with Crippen molar-refractivity contribution in [3.05, 3.63) is 45.6 Å². The topological polar surface area (TPSA) is 35.2 Å². The molecule has 0 aromatic heterocycles. The molecule has 0 saturated heterocycles. The summed E-state index contributed by atoms with van der Waals surface area (Å²) in [5, 5.41) is 1.18. The van der Waals surface area contributed by atoms with Crippen LogP contribution in [0.1, 0.15) is 24.4 Å². The Balaban J connectivity index is 2.25. The van der Waals surface area contributed by atoms with Crippen molar-refractivity contribution in [3.63, 3.8) is 0 Å². The fourth-order valence-corrected chi connectivity index (χ4v) is 2.26. The summed E-state index contributed by atoms with van der Waals surface area (Å²) in [6.07, 6.45) is 4.09. The molecule has 0 amide bonds. The largest absolute Gasteiger partial charge is 0.496 e. The molecule has 1 heterocycles. The fraction of sp³-hybridized carbons (Fsp3) is 0.333. The van der Waals surface area contributed by atoms with Crippen LogP contribution in [0.4, 0.5) is 0 Å². The van der Waals surface area contributed by atoms with Crippen LogP contribution in [0.15, 0.2) is 30.0 Å². The molecule has 0 saturated carbocycles. The first-order valence-electron chi connectivity index (χ1n) is 5.21. The molecular formula is C12H13Cl2NO. The number of rotatable bonds is 2. The lowest BCUT2D eigenvalue weighted by atomic mass is 10.0. The summed E-state index contributed by atoms with van der Waals surface area (Å²) >= 11 is 11.9. The second-order valence-electron chi connectivity index (χ2n) is 3.78. The van der Waals surface area contributed by atoms with Gasteiger partial charge in [-0.2, -0.15) is 0 Å². The molecule has 0 fully saturated rings. The van der Waals surface area contributed by atoms with E-state index in [-0.39, 0.29) is 6.04 Å². The van der Waals surface area contributed by atoms with E-state index >= 15 is 0 Å². The monoisotopic (exact) mass is 257 g/mol. The van der Waals surface area contributed by atoms with Crippen molar-refractivity contribution in [3.8, 4) is 0 Å². The van der Waals surface area contributed by atoms with Gasteiger partial charge in [-0.1, -0.05) is 23.2 Å². The zero-order valence-corrected chi connectivity index (χ0v) is 10.3. The molecule has 2 N–H and O–H groups in total. The average molecular weight is 258 g/mol. The van der Waals surface area contributed by atoms with Gasteiger partial charge in [0.15, 0.2) is 0 Å². The van der Waals surface area contributed by atoms with E-state index in [1.807, 2.05) is 18.2 Å². The van der Waals surface area contributed by atoms with Gasteiger partial charge in [-0.15, -0.1) is 0 Å². The first-order chi connectivity index (χ1) is 7.66. The normalized spacial score (nSPS) is 17.6. The molecular weight excluding hydrogens is 245 g/mol. The van der Waals surface area contributed by atoms with Crippen LogP contribution in [0.25, 0.3) is 0 Å². The smallest absolute Gasteiger partial charge is 0.113 e. The van der Waals surface area contributed by atoms with Crippen LogP contribution in [0.3, 0.4) is 0 Å². The molecule has 1 atom stereocenters. The van der Waals surface area contributed by atoms with E-state index in [1.165, 1.54) is 0 Å². The van der Waals surface area contributed by atoms with E-state index < -0.39 is 0 Å². The van der Waals surface area contributed by atoms with Crippen molar-refractivity contribution in [1.29, 1.82) is 0 Å². The van der Waals surface area contributed by atoms with Crippen LogP contribution >= 0.6 is 23.2 Å². The number of halogens is 2. The number of allylic oxidation sites excluding steroid dienone is 1. The van der Waals surface area contributed by atoms with Crippen molar-refractivity contribution in [1.82, 2.24) is 0 Å². The van der Waals surface area contributed by atoms with Gasteiger partial charge in [0, 0.05) is 10.0 Å². The Morgan fingerprint density at radius 2 is 1.88 bits per heavy atom. The van der Waals surface area contributed by atoms with E-state index in [1.54, 1.807) is 6.07 Å². The number of hydrogen-bond acceptors (Lipinski definition) is 2. The van der Waals surface area contributed by atoms with Crippen LogP contribution in [-0.4, -0.2) is 6.61 Å². The third-order valence-corrected chi connectivity index (χ3v) is 2.95.